The highest BCUT2D eigenvalue weighted by molar-refractivity contribution is 5.01. The van der Waals surface area contributed by atoms with Gasteiger partial charge < -0.3 is 10.8 Å². The van der Waals surface area contributed by atoms with Crippen molar-refractivity contribution >= 4 is 0 Å². The summed E-state index contributed by atoms with van der Waals surface area (Å²) in [6.45, 7) is 7.23. The first-order chi connectivity index (χ1) is 7.98. The van der Waals surface area contributed by atoms with Gasteiger partial charge >= 0.3 is 0 Å². The average Bonchev–Trinajstić information content (AvgIpc) is 2.53. The molecule has 1 saturated carbocycles. The van der Waals surface area contributed by atoms with E-state index in [9.17, 15) is 5.11 Å². The lowest BCUT2D eigenvalue weighted by Gasteiger charge is -2.36. The molecule has 0 spiro atoms. The Balaban J connectivity index is 2.42. The molecule has 2 atom stereocenters. The van der Waals surface area contributed by atoms with E-state index in [4.69, 9.17) is 5.73 Å². The Hall–Kier alpha value is -0.0800. The molecule has 0 amide bonds. The molecule has 0 radical (unpaired) electrons. The summed E-state index contributed by atoms with van der Waals surface area (Å²) in [6.07, 6.45) is 9.58. The monoisotopic (exact) mass is 241 g/mol. The van der Waals surface area contributed by atoms with Crippen LogP contribution in [0.25, 0.3) is 0 Å². The first-order valence-electron chi connectivity index (χ1n) is 7.37. The van der Waals surface area contributed by atoms with Gasteiger partial charge in [0.05, 0.1) is 6.10 Å². The molecule has 0 bridgehead atoms. The van der Waals surface area contributed by atoms with Crippen molar-refractivity contribution in [2.24, 2.45) is 16.6 Å². The quantitative estimate of drug-likeness (QED) is 0.670. The van der Waals surface area contributed by atoms with Crippen molar-refractivity contribution in [3.05, 3.63) is 0 Å². The molecule has 1 rings (SSSR count). The van der Waals surface area contributed by atoms with Gasteiger partial charge in [-0.2, -0.15) is 0 Å². The van der Waals surface area contributed by atoms with Gasteiger partial charge in [0.1, 0.15) is 0 Å². The van der Waals surface area contributed by atoms with Crippen LogP contribution in [0.3, 0.4) is 0 Å². The standard InChI is InChI=1S/C15H31NO/c1-4-5-6-7-8-9-15(12-16)11-10-14(2,3)13(15)17/h13,17H,4-12,16H2,1-3H3. The van der Waals surface area contributed by atoms with Crippen LogP contribution in [-0.4, -0.2) is 17.8 Å². The number of hydrogen-bond donors (Lipinski definition) is 2. The predicted octanol–water partition coefficient (Wildman–Crippen LogP) is 3.47. The van der Waals surface area contributed by atoms with Gasteiger partial charge in [0, 0.05) is 12.0 Å². The molecule has 17 heavy (non-hydrogen) atoms. The average molecular weight is 241 g/mol. The molecular formula is C15H31NO. The number of hydrogen-bond acceptors (Lipinski definition) is 2. The second-order valence-electron chi connectivity index (χ2n) is 6.62. The fourth-order valence-electron chi connectivity index (χ4n) is 3.33. The smallest absolute Gasteiger partial charge is 0.0659 e. The van der Waals surface area contributed by atoms with Gasteiger partial charge in [0.15, 0.2) is 0 Å². The SMILES string of the molecule is CCCCCCCC1(CN)CCC(C)(C)C1O. The van der Waals surface area contributed by atoms with Crippen LogP contribution in [0.5, 0.6) is 0 Å². The molecule has 3 N–H and O–H groups in total. The van der Waals surface area contributed by atoms with E-state index in [0.717, 1.165) is 19.3 Å². The zero-order chi connectivity index (χ0) is 12.9. The molecule has 2 unspecified atom stereocenters. The number of nitrogens with two attached hydrogens (primary N) is 1. The minimum Gasteiger partial charge on any atom is -0.392 e. The van der Waals surface area contributed by atoms with Gasteiger partial charge in [-0.1, -0.05) is 52.9 Å². The predicted molar refractivity (Wildman–Crippen MR) is 73.9 cm³/mol. The molecule has 2 heteroatoms. The summed E-state index contributed by atoms with van der Waals surface area (Å²) in [5.41, 5.74) is 6.03. The maximum absolute atomic E-state index is 10.5. The van der Waals surface area contributed by atoms with E-state index in [0.29, 0.717) is 6.54 Å². The Morgan fingerprint density at radius 3 is 2.24 bits per heavy atom. The number of aliphatic hydroxyl groups is 1. The summed E-state index contributed by atoms with van der Waals surface area (Å²) in [5.74, 6) is 0. The third-order valence-corrected chi connectivity index (χ3v) is 4.77. The maximum atomic E-state index is 10.5. The molecule has 0 aromatic heterocycles. The lowest BCUT2D eigenvalue weighted by molar-refractivity contribution is -0.0103. The van der Waals surface area contributed by atoms with Crippen molar-refractivity contribution in [1.82, 2.24) is 0 Å². The van der Waals surface area contributed by atoms with Crippen LogP contribution in [0.4, 0.5) is 0 Å². The van der Waals surface area contributed by atoms with Gasteiger partial charge in [0.25, 0.3) is 0 Å². The van der Waals surface area contributed by atoms with E-state index in [1.165, 1.54) is 32.1 Å². The molecule has 2 nitrogen and oxygen atoms in total. The van der Waals surface area contributed by atoms with Crippen LogP contribution >= 0.6 is 0 Å². The van der Waals surface area contributed by atoms with E-state index in [-0.39, 0.29) is 16.9 Å². The summed E-state index contributed by atoms with van der Waals surface area (Å²) >= 11 is 0. The third kappa shape index (κ3) is 3.45. The van der Waals surface area contributed by atoms with Crippen molar-refractivity contribution in [2.45, 2.75) is 78.2 Å². The van der Waals surface area contributed by atoms with Crippen molar-refractivity contribution < 1.29 is 5.11 Å². The lowest BCUT2D eigenvalue weighted by Crippen LogP contribution is -2.42. The van der Waals surface area contributed by atoms with Gasteiger partial charge in [-0.3, -0.25) is 0 Å². The molecule has 0 heterocycles. The fraction of sp³-hybridized carbons (Fsp3) is 1.00. The molecule has 1 aliphatic rings. The summed E-state index contributed by atoms with van der Waals surface area (Å²) < 4.78 is 0. The van der Waals surface area contributed by atoms with Crippen LogP contribution in [0.1, 0.15) is 72.1 Å². The minimum absolute atomic E-state index is 0.00964. The Bertz CT molecular complexity index is 227. The molecule has 0 aromatic carbocycles. The Morgan fingerprint density at radius 1 is 1.12 bits per heavy atom. The summed E-state index contributed by atoms with van der Waals surface area (Å²) in [4.78, 5) is 0. The van der Waals surface area contributed by atoms with Crippen molar-refractivity contribution in [1.29, 1.82) is 0 Å². The van der Waals surface area contributed by atoms with Crippen LogP contribution in [0.2, 0.25) is 0 Å². The van der Waals surface area contributed by atoms with Crippen molar-refractivity contribution in [3.8, 4) is 0 Å². The van der Waals surface area contributed by atoms with Gasteiger partial charge in [-0.25, -0.2) is 0 Å². The second kappa shape index (κ2) is 6.19. The maximum Gasteiger partial charge on any atom is 0.0659 e. The van der Waals surface area contributed by atoms with Crippen molar-refractivity contribution in [2.75, 3.05) is 6.54 Å². The summed E-state index contributed by atoms with van der Waals surface area (Å²) in [5, 5.41) is 10.5. The first kappa shape index (κ1) is 15.0. The normalized spacial score (nSPS) is 31.9. The Labute approximate surface area is 107 Å². The molecule has 0 saturated heterocycles. The molecule has 0 aromatic rings. The van der Waals surface area contributed by atoms with Gasteiger partial charge in [-0.05, 0) is 24.7 Å². The lowest BCUT2D eigenvalue weighted by atomic mass is 9.75. The van der Waals surface area contributed by atoms with Crippen LogP contribution in [0.15, 0.2) is 0 Å². The third-order valence-electron chi connectivity index (χ3n) is 4.77. The molecule has 102 valence electrons. The topological polar surface area (TPSA) is 46.2 Å². The molecule has 0 aliphatic heterocycles. The van der Waals surface area contributed by atoms with Gasteiger partial charge in [-0.15, -0.1) is 0 Å². The van der Waals surface area contributed by atoms with Gasteiger partial charge in [0.2, 0.25) is 0 Å². The highest BCUT2D eigenvalue weighted by Crippen LogP contribution is 2.51. The number of aliphatic hydroxyl groups excluding tert-OH is 1. The number of rotatable bonds is 7. The highest BCUT2D eigenvalue weighted by Gasteiger charge is 2.50. The summed E-state index contributed by atoms with van der Waals surface area (Å²) in [7, 11) is 0. The fourth-order valence-corrected chi connectivity index (χ4v) is 3.33. The number of unbranched alkanes of at least 4 members (excludes halogenated alkanes) is 4. The van der Waals surface area contributed by atoms with E-state index in [1.807, 2.05) is 0 Å². The molecular weight excluding hydrogens is 210 g/mol. The zero-order valence-corrected chi connectivity index (χ0v) is 12.0. The largest absolute Gasteiger partial charge is 0.392 e. The van der Waals surface area contributed by atoms with E-state index >= 15 is 0 Å². The summed E-state index contributed by atoms with van der Waals surface area (Å²) in [6, 6.07) is 0. The highest BCUT2D eigenvalue weighted by atomic mass is 16.3. The molecule has 1 fully saturated rings. The molecule has 1 aliphatic carbocycles. The van der Waals surface area contributed by atoms with E-state index < -0.39 is 0 Å². The van der Waals surface area contributed by atoms with Crippen LogP contribution in [0, 0.1) is 10.8 Å². The van der Waals surface area contributed by atoms with E-state index in [1.54, 1.807) is 0 Å². The second-order valence-corrected chi connectivity index (χ2v) is 6.62. The zero-order valence-electron chi connectivity index (χ0n) is 12.0. The van der Waals surface area contributed by atoms with Crippen molar-refractivity contribution in [3.63, 3.8) is 0 Å². The Morgan fingerprint density at radius 2 is 1.76 bits per heavy atom. The minimum atomic E-state index is -0.217. The Kier molecular flexibility index (Phi) is 5.46. The van der Waals surface area contributed by atoms with Crippen LogP contribution in [-0.2, 0) is 0 Å². The van der Waals surface area contributed by atoms with E-state index in [2.05, 4.69) is 20.8 Å². The van der Waals surface area contributed by atoms with Crippen LogP contribution < -0.4 is 5.73 Å². The first-order valence-corrected chi connectivity index (χ1v) is 7.37.